The Morgan fingerprint density at radius 3 is 2.70 bits per heavy atom. The van der Waals surface area contributed by atoms with Crippen LogP contribution in [0, 0.1) is 5.92 Å². The van der Waals surface area contributed by atoms with E-state index in [4.69, 9.17) is 4.43 Å². The molecule has 0 aliphatic heterocycles. The average Bonchev–Trinajstić information content (AvgIpc) is 1.87. The Hall–Kier alpha value is 0.137. The van der Waals surface area contributed by atoms with E-state index in [1.807, 2.05) is 0 Å². The van der Waals surface area contributed by atoms with Crippen molar-refractivity contribution in [3.05, 3.63) is 0 Å². The lowest BCUT2D eigenvalue weighted by Gasteiger charge is -2.05. The molecule has 0 spiro atoms. The minimum atomic E-state index is -0.186. The number of hydrogen-bond acceptors (Lipinski definition) is 2. The van der Waals surface area contributed by atoms with Crippen LogP contribution in [-0.2, 0) is 4.43 Å². The topological polar surface area (TPSA) is 21.3 Å². The van der Waals surface area contributed by atoms with Gasteiger partial charge in [0, 0.05) is 7.11 Å². The summed E-state index contributed by atoms with van der Waals surface area (Å²) in [5, 5.41) is 3.37. The third kappa shape index (κ3) is 8.14. The van der Waals surface area contributed by atoms with Crippen LogP contribution >= 0.6 is 0 Å². The van der Waals surface area contributed by atoms with Crippen LogP contribution in [0.3, 0.4) is 0 Å². The van der Waals surface area contributed by atoms with Gasteiger partial charge in [-0.3, -0.25) is 0 Å². The quantitative estimate of drug-likeness (QED) is 0.449. The lowest BCUT2D eigenvalue weighted by atomic mass is 10.2. The molecule has 3 heteroatoms. The van der Waals surface area contributed by atoms with Crippen LogP contribution in [0.2, 0.25) is 6.04 Å². The van der Waals surface area contributed by atoms with Gasteiger partial charge in [0.2, 0.25) is 0 Å². The molecule has 0 rings (SSSR count). The Labute approximate surface area is 66.3 Å². The van der Waals surface area contributed by atoms with Crippen molar-refractivity contribution in [3.8, 4) is 0 Å². The van der Waals surface area contributed by atoms with Gasteiger partial charge in [0.25, 0.3) is 0 Å². The summed E-state index contributed by atoms with van der Waals surface area (Å²) in [6.07, 6.45) is 0. The monoisotopic (exact) mass is 161 g/mol. The molecule has 0 atom stereocenters. The van der Waals surface area contributed by atoms with Gasteiger partial charge in [-0.1, -0.05) is 13.8 Å². The number of hydrogen-bond donors (Lipinski definition) is 1. The van der Waals surface area contributed by atoms with Crippen LogP contribution in [0.15, 0.2) is 0 Å². The molecule has 0 aromatic carbocycles. The van der Waals surface area contributed by atoms with Crippen molar-refractivity contribution in [2.45, 2.75) is 19.9 Å². The minimum absolute atomic E-state index is 0.186. The summed E-state index contributed by atoms with van der Waals surface area (Å²) in [6.45, 7) is 6.72. The van der Waals surface area contributed by atoms with Crippen molar-refractivity contribution in [1.82, 2.24) is 5.32 Å². The third-order valence-electron chi connectivity index (χ3n) is 1.25. The Bertz CT molecular complexity index is 68.6. The van der Waals surface area contributed by atoms with Crippen LogP contribution in [0.4, 0.5) is 0 Å². The first kappa shape index (κ1) is 10.1. The van der Waals surface area contributed by atoms with Gasteiger partial charge in [0.1, 0.15) is 0 Å². The molecule has 1 N–H and O–H groups in total. The highest BCUT2D eigenvalue weighted by molar-refractivity contribution is 6.27. The predicted molar refractivity (Wildman–Crippen MR) is 48.1 cm³/mol. The van der Waals surface area contributed by atoms with Crippen molar-refractivity contribution >= 4 is 9.76 Å². The van der Waals surface area contributed by atoms with E-state index in [0.29, 0.717) is 0 Å². The van der Waals surface area contributed by atoms with Gasteiger partial charge in [-0.25, -0.2) is 0 Å². The van der Waals surface area contributed by atoms with Crippen LogP contribution in [0.5, 0.6) is 0 Å². The molecule has 2 nitrogen and oxygen atoms in total. The van der Waals surface area contributed by atoms with E-state index in [0.717, 1.165) is 19.0 Å². The Balaban J connectivity index is 2.77. The maximum absolute atomic E-state index is 5.05. The second-order valence-electron chi connectivity index (χ2n) is 2.94. The smallest absolute Gasteiger partial charge is 0.162 e. The maximum atomic E-state index is 5.05. The first-order valence-electron chi connectivity index (χ1n) is 3.97. The molecule has 10 heavy (non-hydrogen) atoms. The first-order chi connectivity index (χ1) is 4.77. The molecule has 0 saturated heterocycles. The largest absolute Gasteiger partial charge is 0.427 e. The van der Waals surface area contributed by atoms with Crippen molar-refractivity contribution in [3.63, 3.8) is 0 Å². The van der Waals surface area contributed by atoms with Gasteiger partial charge >= 0.3 is 0 Å². The lowest BCUT2D eigenvalue weighted by Crippen LogP contribution is -2.21. The van der Waals surface area contributed by atoms with Crippen LogP contribution < -0.4 is 5.32 Å². The van der Waals surface area contributed by atoms with Gasteiger partial charge in [0.15, 0.2) is 9.76 Å². The Kier molecular flexibility index (Phi) is 7.35. The van der Waals surface area contributed by atoms with Gasteiger partial charge < -0.3 is 9.74 Å². The zero-order valence-electron chi connectivity index (χ0n) is 7.31. The molecule has 0 aliphatic rings. The van der Waals surface area contributed by atoms with Crippen LogP contribution in [0.25, 0.3) is 0 Å². The van der Waals surface area contributed by atoms with E-state index >= 15 is 0 Å². The average molecular weight is 161 g/mol. The van der Waals surface area contributed by atoms with Gasteiger partial charge in [-0.15, -0.1) is 0 Å². The second-order valence-corrected chi connectivity index (χ2v) is 4.64. The summed E-state index contributed by atoms with van der Waals surface area (Å²) in [4.78, 5) is 0. The molecule has 0 aromatic rings. The van der Waals surface area contributed by atoms with E-state index in [-0.39, 0.29) is 9.76 Å². The Morgan fingerprint density at radius 2 is 2.20 bits per heavy atom. The molecule has 0 bridgehead atoms. The second kappa shape index (κ2) is 7.25. The number of nitrogens with one attached hydrogen (secondary N) is 1. The standard InChI is InChI=1S/C7H19NOSi/c1-7(2)6-8-4-5-10-9-3/h7-8H,4-6,10H2,1-3H3. The van der Waals surface area contributed by atoms with Gasteiger partial charge in [-0.05, 0) is 25.1 Å². The lowest BCUT2D eigenvalue weighted by molar-refractivity contribution is 0.438. The first-order valence-corrected chi connectivity index (χ1v) is 5.54. The fraction of sp³-hybridized carbons (Fsp3) is 1.00. The molecule has 0 unspecified atom stereocenters. The molecule has 0 saturated carbocycles. The molecular formula is C7H19NOSi. The van der Waals surface area contributed by atoms with E-state index in [1.54, 1.807) is 7.11 Å². The summed E-state index contributed by atoms with van der Waals surface area (Å²) in [5.74, 6) is 0.768. The van der Waals surface area contributed by atoms with E-state index in [9.17, 15) is 0 Å². The van der Waals surface area contributed by atoms with E-state index < -0.39 is 0 Å². The van der Waals surface area contributed by atoms with Gasteiger partial charge in [0.05, 0.1) is 0 Å². The van der Waals surface area contributed by atoms with Crippen molar-refractivity contribution in [2.75, 3.05) is 20.2 Å². The van der Waals surface area contributed by atoms with Gasteiger partial charge in [-0.2, -0.15) is 0 Å². The normalized spacial score (nSPS) is 12.0. The zero-order valence-corrected chi connectivity index (χ0v) is 8.73. The third-order valence-corrected chi connectivity index (χ3v) is 2.31. The number of rotatable bonds is 6. The molecule has 0 fully saturated rings. The highest BCUT2D eigenvalue weighted by atomic mass is 28.2. The highest BCUT2D eigenvalue weighted by Crippen LogP contribution is 1.86. The molecule has 0 radical (unpaired) electrons. The fourth-order valence-electron chi connectivity index (χ4n) is 0.732. The molecule has 0 aromatic heterocycles. The van der Waals surface area contributed by atoms with Crippen LogP contribution in [0.1, 0.15) is 13.8 Å². The Morgan fingerprint density at radius 1 is 1.50 bits per heavy atom. The fourth-order valence-corrected chi connectivity index (χ4v) is 1.42. The van der Waals surface area contributed by atoms with E-state index in [2.05, 4.69) is 19.2 Å². The maximum Gasteiger partial charge on any atom is 0.162 e. The highest BCUT2D eigenvalue weighted by Gasteiger charge is 1.91. The predicted octanol–water partition coefficient (Wildman–Crippen LogP) is 0.380. The van der Waals surface area contributed by atoms with Crippen molar-refractivity contribution in [1.29, 1.82) is 0 Å². The summed E-state index contributed by atoms with van der Waals surface area (Å²) >= 11 is 0. The summed E-state index contributed by atoms with van der Waals surface area (Å²) in [6, 6.07) is 1.25. The van der Waals surface area contributed by atoms with E-state index in [1.165, 1.54) is 6.04 Å². The molecular weight excluding hydrogens is 142 g/mol. The molecule has 62 valence electrons. The van der Waals surface area contributed by atoms with Crippen molar-refractivity contribution < 1.29 is 4.43 Å². The van der Waals surface area contributed by atoms with Crippen LogP contribution in [-0.4, -0.2) is 30.0 Å². The SMILES string of the molecule is CO[SiH2]CCNCC(C)C. The zero-order chi connectivity index (χ0) is 7.82. The summed E-state index contributed by atoms with van der Waals surface area (Å²) in [5.41, 5.74) is 0. The molecule has 0 aliphatic carbocycles. The van der Waals surface area contributed by atoms with Crippen molar-refractivity contribution in [2.24, 2.45) is 5.92 Å². The molecule has 0 heterocycles. The minimum Gasteiger partial charge on any atom is -0.427 e. The summed E-state index contributed by atoms with van der Waals surface area (Å²) in [7, 11) is 1.61. The molecule has 0 amide bonds. The summed E-state index contributed by atoms with van der Waals surface area (Å²) < 4.78 is 5.05.